The molecule has 0 radical (unpaired) electrons. The second-order valence-corrected chi connectivity index (χ2v) is 9.36. The highest BCUT2D eigenvalue weighted by molar-refractivity contribution is 7.91. The fraction of sp³-hybridized carbons (Fsp3) is 0.429. The lowest BCUT2D eigenvalue weighted by molar-refractivity contribution is 0.234. The van der Waals surface area contributed by atoms with E-state index < -0.39 is 9.84 Å². The lowest BCUT2D eigenvalue weighted by Crippen LogP contribution is -2.24. The first kappa shape index (κ1) is 21.3. The fourth-order valence-corrected chi connectivity index (χ4v) is 4.29. The van der Waals surface area contributed by atoms with Gasteiger partial charge in [-0.2, -0.15) is 0 Å². The molecule has 0 saturated carbocycles. The van der Waals surface area contributed by atoms with Crippen molar-refractivity contribution in [3.63, 3.8) is 0 Å². The topological polar surface area (TPSA) is 81.2 Å². The van der Waals surface area contributed by atoms with E-state index in [-0.39, 0.29) is 17.0 Å². The third-order valence-electron chi connectivity index (χ3n) is 5.21. The maximum Gasteiger partial charge on any atom is 0.227 e. The summed E-state index contributed by atoms with van der Waals surface area (Å²) in [5.41, 5.74) is 2.96. The number of rotatable bonds is 10. The van der Waals surface area contributed by atoms with E-state index in [9.17, 15) is 8.42 Å². The van der Waals surface area contributed by atoms with Crippen LogP contribution in [0.1, 0.15) is 43.3 Å². The van der Waals surface area contributed by atoms with Gasteiger partial charge in [0.1, 0.15) is 12.0 Å². The van der Waals surface area contributed by atoms with E-state index in [1.165, 1.54) is 5.56 Å². The van der Waals surface area contributed by atoms with Crippen LogP contribution in [0.3, 0.4) is 0 Å². The van der Waals surface area contributed by atoms with Gasteiger partial charge < -0.3 is 9.09 Å². The maximum atomic E-state index is 12.6. The van der Waals surface area contributed by atoms with Gasteiger partial charge in [0, 0.05) is 19.2 Å². The summed E-state index contributed by atoms with van der Waals surface area (Å²) in [5.74, 6) is 0.0350. The zero-order valence-corrected chi connectivity index (χ0v) is 18.0. The Hall–Kier alpha value is -2.45. The van der Waals surface area contributed by atoms with Gasteiger partial charge in [-0.1, -0.05) is 42.4 Å². The van der Waals surface area contributed by atoms with Crippen LogP contribution in [0, 0.1) is 0 Å². The van der Waals surface area contributed by atoms with Crippen LogP contribution in [0.5, 0.6) is 0 Å². The molecule has 0 aliphatic heterocycles. The fourth-order valence-electron chi connectivity index (χ4n) is 3.28. The summed E-state index contributed by atoms with van der Waals surface area (Å²) >= 11 is 0. The van der Waals surface area contributed by atoms with Gasteiger partial charge in [0.2, 0.25) is 15.0 Å². The molecule has 156 valence electrons. The first-order chi connectivity index (χ1) is 13.9. The number of hydrogen-bond donors (Lipinski definition) is 0. The van der Waals surface area contributed by atoms with Crippen molar-refractivity contribution in [1.82, 2.24) is 19.6 Å². The molecule has 7 nitrogen and oxygen atoms in total. The predicted molar refractivity (Wildman–Crippen MR) is 111 cm³/mol. The van der Waals surface area contributed by atoms with Crippen molar-refractivity contribution in [3.8, 4) is 0 Å². The summed E-state index contributed by atoms with van der Waals surface area (Å²) in [6.45, 7) is 4.85. The Bertz CT molecular complexity index is 998. The van der Waals surface area contributed by atoms with Crippen molar-refractivity contribution in [1.29, 1.82) is 0 Å². The van der Waals surface area contributed by atoms with Gasteiger partial charge in [-0.15, -0.1) is 0 Å². The first-order valence-electron chi connectivity index (χ1n) is 9.84. The van der Waals surface area contributed by atoms with Gasteiger partial charge in [-0.05, 0) is 32.4 Å². The molecule has 0 bridgehead atoms. The maximum absolute atomic E-state index is 12.6. The van der Waals surface area contributed by atoms with Crippen LogP contribution in [0.15, 0.2) is 58.5 Å². The van der Waals surface area contributed by atoms with Crippen LogP contribution >= 0.6 is 0 Å². The second kappa shape index (κ2) is 9.37. The number of benzene rings is 1. The van der Waals surface area contributed by atoms with Crippen LogP contribution in [0.4, 0.5) is 0 Å². The van der Waals surface area contributed by atoms with Gasteiger partial charge in [0.05, 0.1) is 23.7 Å². The first-order valence-corrected chi connectivity index (χ1v) is 11.5. The Labute approximate surface area is 172 Å². The quantitative estimate of drug-likeness (QED) is 0.503. The van der Waals surface area contributed by atoms with Gasteiger partial charge >= 0.3 is 0 Å². The molecule has 2 heterocycles. The molecule has 0 saturated heterocycles. The number of aryl methyl sites for hydroxylation is 1. The molecule has 3 aromatic rings. The summed E-state index contributed by atoms with van der Waals surface area (Å²) in [5, 5.41) is 4.17. The summed E-state index contributed by atoms with van der Waals surface area (Å²) in [4.78, 5) is 6.38. The average Bonchev–Trinajstić information content (AvgIpc) is 3.39. The number of imidazole rings is 1. The number of hydrogen-bond acceptors (Lipinski definition) is 6. The Kier molecular flexibility index (Phi) is 6.87. The Morgan fingerprint density at radius 1 is 1.21 bits per heavy atom. The average molecular weight is 417 g/mol. The minimum absolute atomic E-state index is 0.0349. The molecule has 0 N–H and O–H groups in total. The molecule has 1 aromatic carbocycles. The van der Waals surface area contributed by atoms with Crippen molar-refractivity contribution in [2.75, 3.05) is 12.8 Å². The van der Waals surface area contributed by atoms with Crippen molar-refractivity contribution < 1.29 is 12.9 Å². The predicted octanol–water partition coefficient (Wildman–Crippen LogP) is 3.49. The Morgan fingerprint density at radius 3 is 2.62 bits per heavy atom. The molecule has 0 aliphatic rings. The molecule has 2 aromatic heterocycles. The second-order valence-electron chi connectivity index (χ2n) is 7.19. The van der Waals surface area contributed by atoms with E-state index in [0.29, 0.717) is 13.1 Å². The molecule has 1 atom stereocenters. The molecule has 0 fully saturated rings. The third kappa shape index (κ3) is 5.13. The van der Waals surface area contributed by atoms with E-state index in [0.717, 1.165) is 24.2 Å². The van der Waals surface area contributed by atoms with Crippen LogP contribution in [0.2, 0.25) is 0 Å². The molecule has 0 spiro atoms. The number of aromatic nitrogens is 3. The van der Waals surface area contributed by atoms with Crippen LogP contribution in [-0.2, 0) is 29.3 Å². The van der Waals surface area contributed by atoms with E-state index in [2.05, 4.69) is 27.2 Å². The van der Waals surface area contributed by atoms with Gasteiger partial charge in [0.15, 0.2) is 0 Å². The molecule has 1 unspecified atom stereocenters. The number of sulfone groups is 1. The standard InChI is InChI=1S/C21H28N4O3S/c1-4-29(26,27)21-22-15-19(16-24(3)17(2)20-12-14-28-23-20)25(21)13-8-11-18-9-6-5-7-10-18/h5-7,9-10,12,14-15,17H,4,8,11,13,16H2,1-3H3. The third-order valence-corrected chi connectivity index (χ3v) is 6.85. The smallest absolute Gasteiger partial charge is 0.227 e. The lowest BCUT2D eigenvalue weighted by atomic mass is 10.1. The minimum Gasteiger partial charge on any atom is -0.364 e. The highest BCUT2D eigenvalue weighted by Gasteiger charge is 2.23. The molecule has 29 heavy (non-hydrogen) atoms. The van der Waals surface area contributed by atoms with Crippen molar-refractivity contribution in [3.05, 3.63) is 65.8 Å². The monoisotopic (exact) mass is 416 g/mol. The zero-order valence-electron chi connectivity index (χ0n) is 17.2. The highest BCUT2D eigenvalue weighted by Crippen LogP contribution is 2.21. The van der Waals surface area contributed by atoms with Crippen LogP contribution < -0.4 is 0 Å². The van der Waals surface area contributed by atoms with Crippen LogP contribution in [0.25, 0.3) is 0 Å². The molecule has 0 aliphatic carbocycles. The molecular weight excluding hydrogens is 388 g/mol. The highest BCUT2D eigenvalue weighted by atomic mass is 32.2. The number of nitrogens with zero attached hydrogens (tertiary/aromatic N) is 4. The summed E-state index contributed by atoms with van der Waals surface area (Å²) < 4.78 is 31.9. The largest absolute Gasteiger partial charge is 0.364 e. The SMILES string of the molecule is CCS(=O)(=O)c1ncc(CN(C)C(C)c2ccon2)n1CCCc1ccccc1. The normalized spacial score (nSPS) is 13.1. The van der Waals surface area contributed by atoms with E-state index in [1.807, 2.05) is 42.8 Å². The van der Waals surface area contributed by atoms with Gasteiger partial charge in [0.25, 0.3) is 0 Å². The summed E-state index contributed by atoms with van der Waals surface area (Å²) in [6, 6.07) is 12.1. The van der Waals surface area contributed by atoms with Crippen molar-refractivity contribution >= 4 is 9.84 Å². The molecular formula is C21H28N4O3S. The molecule has 3 rings (SSSR count). The molecule has 8 heteroatoms. The Morgan fingerprint density at radius 2 is 1.97 bits per heavy atom. The minimum atomic E-state index is -3.40. The van der Waals surface area contributed by atoms with E-state index >= 15 is 0 Å². The summed E-state index contributed by atoms with van der Waals surface area (Å²) in [6.07, 6.45) is 4.95. The van der Waals surface area contributed by atoms with E-state index in [1.54, 1.807) is 19.4 Å². The van der Waals surface area contributed by atoms with Crippen LogP contribution in [-0.4, -0.2) is 40.8 Å². The Balaban J connectivity index is 1.79. The zero-order chi connectivity index (χ0) is 20.9. The van der Waals surface area contributed by atoms with E-state index in [4.69, 9.17) is 4.52 Å². The summed E-state index contributed by atoms with van der Waals surface area (Å²) in [7, 11) is -1.42. The lowest BCUT2D eigenvalue weighted by Gasteiger charge is -2.23. The van der Waals surface area contributed by atoms with Crippen molar-refractivity contribution in [2.45, 2.75) is 51.0 Å². The van der Waals surface area contributed by atoms with Crippen molar-refractivity contribution in [2.24, 2.45) is 0 Å². The van der Waals surface area contributed by atoms with Gasteiger partial charge in [-0.25, -0.2) is 13.4 Å². The molecule has 0 amide bonds. The van der Waals surface area contributed by atoms with Gasteiger partial charge in [-0.3, -0.25) is 4.90 Å².